The molecule has 0 spiro atoms. The molecule has 0 radical (unpaired) electrons. The first kappa shape index (κ1) is 16.2. The van der Waals surface area contributed by atoms with Crippen LogP contribution < -0.4 is 9.47 Å². The van der Waals surface area contributed by atoms with Crippen LogP contribution >= 0.6 is 0 Å². The smallest absolute Gasteiger partial charge is 0.256 e. The molecule has 1 amide bonds. The lowest BCUT2D eigenvalue weighted by Crippen LogP contribution is -2.30. The van der Waals surface area contributed by atoms with Crippen molar-refractivity contribution in [3.63, 3.8) is 0 Å². The van der Waals surface area contributed by atoms with Gasteiger partial charge in [-0.2, -0.15) is 0 Å². The quantitative estimate of drug-likeness (QED) is 0.694. The third kappa shape index (κ3) is 2.65. The van der Waals surface area contributed by atoms with E-state index in [9.17, 15) is 4.79 Å². The van der Waals surface area contributed by atoms with Gasteiger partial charge in [-0.05, 0) is 36.6 Å². The number of hydrogen-bond donors (Lipinski definition) is 0. The SMILES string of the molecule is Cn1cc(C(=O)N2CCCC2c2ccc3c(c2)OCCO3)c2ccccc21. The van der Waals surface area contributed by atoms with Crippen molar-refractivity contribution in [2.24, 2.45) is 7.05 Å². The number of fused-ring (bicyclic) bond motifs is 2. The van der Waals surface area contributed by atoms with Gasteiger partial charge < -0.3 is 18.9 Å². The molecule has 5 rings (SSSR count). The number of carbonyl (C=O) groups excluding carboxylic acids is 1. The van der Waals surface area contributed by atoms with Crippen molar-refractivity contribution >= 4 is 16.8 Å². The molecular formula is C22H22N2O3. The van der Waals surface area contributed by atoms with Crippen LogP contribution in [0.4, 0.5) is 0 Å². The topological polar surface area (TPSA) is 43.7 Å². The maximum Gasteiger partial charge on any atom is 0.256 e. The number of para-hydroxylation sites is 1. The zero-order valence-electron chi connectivity index (χ0n) is 15.4. The number of likely N-dealkylation sites (tertiary alicyclic amines) is 1. The first-order valence-corrected chi connectivity index (χ1v) is 9.47. The molecule has 5 heteroatoms. The molecule has 1 aromatic heterocycles. The number of hydrogen-bond acceptors (Lipinski definition) is 3. The Labute approximate surface area is 158 Å². The van der Waals surface area contributed by atoms with E-state index in [1.54, 1.807) is 0 Å². The summed E-state index contributed by atoms with van der Waals surface area (Å²) in [7, 11) is 1.99. The molecule has 0 aliphatic carbocycles. The summed E-state index contributed by atoms with van der Waals surface area (Å²) in [6.45, 7) is 1.93. The lowest BCUT2D eigenvalue weighted by atomic mass is 10.0. The first-order chi connectivity index (χ1) is 13.2. The van der Waals surface area contributed by atoms with Gasteiger partial charge in [0, 0.05) is 30.7 Å². The van der Waals surface area contributed by atoms with Crippen molar-refractivity contribution in [2.45, 2.75) is 18.9 Å². The van der Waals surface area contributed by atoms with E-state index in [1.165, 1.54) is 0 Å². The first-order valence-electron chi connectivity index (χ1n) is 9.47. The van der Waals surface area contributed by atoms with Gasteiger partial charge in [0.05, 0.1) is 11.6 Å². The fourth-order valence-corrected chi connectivity index (χ4v) is 4.29. The van der Waals surface area contributed by atoms with Crippen molar-refractivity contribution in [2.75, 3.05) is 19.8 Å². The summed E-state index contributed by atoms with van der Waals surface area (Å²) in [6, 6.07) is 14.2. The lowest BCUT2D eigenvalue weighted by Gasteiger charge is -2.26. The molecule has 5 nitrogen and oxygen atoms in total. The van der Waals surface area contributed by atoms with E-state index >= 15 is 0 Å². The number of rotatable bonds is 2. The van der Waals surface area contributed by atoms with E-state index in [0.29, 0.717) is 13.2 Å². The second-order valence-corrected chi connectivity index (χ2v) is 7.23. The van der Waals surface area contributed by atoms with E-state index in [1.807, 2.05) is 59.1 Å². The van der Waals surface area contributed by atoms with Crippen LogP contribution in [0, 0.1) is 0 Å². The maximum absolute atomic E-state index is 13.4. The minimum atomic E-state index is 0.0762. The molecule has 1 saturated heterocycles. The van der Waals surface area contributed by atoms with E-state index in [4.69, 9.17) is 9.47 Å². The zero-order valence-corrected chi connectivity index (χ0v) is 15.4. The van der Waals surface area contributed by atoms with Crippen LogP contribution in [0.25, 0.3) is 10.9 Å². The average Bonchev–Trinajstić information content (AvgIpc) is 3.33. The molecule has 2 aromatic carbocycles. The number of amides is 1. The highest BCUT2D eigenvalue weighted by Gasteiger charge is 2.32. The molecule has 3 aromatic rings. The Hall–Kier alpha value is -2.95. The third-order valence-electron chi connectivity index (χ3n) is 5.59. The van der Waals surface area contributed by atoms with Crippen LogP contribution in [-0.4, -0.2) is 35.1 Å². The summed E-state index contributed by atoms with van der Waals surface area (Å²) in [5, 5.41) is 1.01. The van der Waals surface area contributed by atoms with Gasteiger partial charge in [-0.1, -0.05) is 24.3 Å². The number of carbonyl (C=O) groups is 1. The van der Waals surface area contributed by atoms with Gasteiger partial charge in [0.15, 0.2) is 11.5 Å². The number of ether oxygens (including phenoxy) is 2. The molecule has 27 heavy (non-hydrogen) atoms. The lowest BCUT2D eigenvalue weighted by molar-refractivity contribution is 0.0737. The molecule has 1 fully saturated rings. The average molecular weight is 362 g/mol. The fourth-order valence-electron chi connectivity index (χ4n) is 4.29. The molecule has 0 N–H and O–H groups in total. The molecule has 0 saturated carbocycles. The second-order valence-electron chi connectivity index (χ2n) is 7.23. The van der Waals surface area contributed by atoms with E-state index in [-0.39, 0.29) is 11.9 Å². The Morgan fingerprint density at radius 2 is 1.89 bits per heavy atom. The van der Waals surface area contributed by atoms with Gasteiger partial charge in [-0.3, -0.25) is 4.79 Å². The molecular weight excluding hydrogens is 340 g/mol. The molecule has 1 unspecified atom stereocenters. The molecule has 0 bridgehead atoms. The molecule has 2 aliphatic heterocycles. The number of benzene rings is 2. The van der Waals surface area contributed by atoms with E-state index in [0.717, 1.165) is 52.9 Å². The van der Waals surface area contributed by atoms with Crippen LogP contribution in [0.3, 0.4) is 0 Å². The summed E-state index contributed by atoms with van der Waals surface area (Å²) in [5.74, 6) is 1.67. The highest BCUT2D eigenvalue weighted by Crippen LogP contribution is 2.39. The number of nitrogens with zero attached hydrogens (tertiary/aromatic N) is 2. The molecule has 3 heterocycles. The Kier molecular flexibility index (Phi) is 3.81. The predicted octanol–water partition coefficient (Wildman–Crippen LogP) is 3.93. The van der Waals surface area contributed by atoms with E-state index < -0.39 is 0 Å². The van der Waals surface area contributed by atoms with Crippen molar-refractivity contribution < 1.29 is 14.3 Å². The summed E-state index contributed by atoms with van der Waals surface area (Å²) in [6.07, 6.45) is 3.93. The maximum atomic E-state index is 13.4. The Morgan fingerprint density at radius 1 is 1.07 bits per heavy atom. The monoisotopic (exact) mass is 362 g/mol. The minimum Gasteiger partial charge on any atom is -0.486 e. The Balaban J connectivity index is 1.50. The second kappa shape index (κ2) is 6.34. The van der Waals surface area contributed by atoms with Gasteiger partial charge in [0.25, 0.3) is 5.91 Å². The Morgan fingerprint density at radius 3 is 2.78 bits per heavy atom. The summed E-state index contributed by atoms with van der Waals surface area (Å²) >= 11 is 0. The fraction of sp³-hybridized carbons (Fsp3) is 0.318. The number of aryl methyl sites for hydroxylation is 1. The van der Waals surface area contributed by atoms with Crippen LogP contribution in [0.2, 0.25) is 0 Å². The van der Waals surface area contributed by atoms with Crippen LogP contribution in [-0.2, 0) is 7.05 Å². The van der Waals surface area contributed by atoms with Gasteiger partial charge >= 0.3 is 0 Å². The standard InChI is InChI=1S/C22H22N2O3/c1-23-14-17(16-5-2-3-6-19(16)23)22(25)24-10-4-7-18(24)15-8-9-20-21(13-15)27-12-11-26-20/h2-3,5-6,8-9,13-14,18H,4,7,10-12H2,1H3. The van der Waals surface area contributed by atoms with Crippen molar-refractivity contribution in [1.29, 1.82) is 0 Å². The number of aromatic nitrogens is 1. The minimum absolute atomic E-state index is 0.0762. The predicted molar refractivity (Wildman–Crippen MR) is 103 cm³/mol. The van der Waals surface area contributed by atoms with Crippen molar-refractivity contribution in [1.82, 2.24) is 9.47 Å². The molecule has 138 valence electrons. The Bertz CT molecular complexity index is 1020. The van der Waals surface area contributed by atoms with Crippen LogP contribution in [0.1, 0.15) is 34.8 Å². The summed E-state index contributed by atoms with van der Waals surface area (Å²) in [5.41, 5.74) is 2.97. The molecule has 2 aliphatic rings. The van der Waals surface area contributed by atoms with Gasteiger partial charge in [-0.15, -0.1) is 0 Å². The largest absolute Gasteiger partial charge is 0.486 e. The van der Waals surface area contributed by atoms with Crippen LogP contribution in [0.5, 0.6) is 11.5 Å². The summed E-state index contributed by atoms with van der Waals surface area (Å²) < 4.78 is 13.4. The normalized spacial score (nSPS) is 18.9. The highest BCUT2D eigenvalue weighted by atomic mass is 16.6. The van der Waals surface area contributed by atoms with E-state index in [2.05, 4.69) is 6.07 Å². The zero-order chi connectivity index (χ0) is 18.4. The third-order valence-corrected chi connectivity index (χ3v) is 5.59. The van der Waals surface area contributed by atoms with Gasteiger partial charge in [0.2, 0.25) is 0 Å². The van der Waals surface area contributed by atoms with Gasteiger partial charge in [0.1, 0.15) is 13.2 Å². The van der Waals surface area contributed by atoms with Crippen LogP contribution in [0.15, 0.2) is 48.7 Å². The van der Waals surface area contributed by atoms with Crippen molar-refractivity contribution in [3.8, 4) is 11.5 Å². The summed E-state index contributed by atoms with van der Waals surface area (Å²) in [4.78, 5) is 15.4. The van der Waals surface area contributed by atoms with Gasteiger partial charge in [-0.25, -0.2) is 0 Å². The van der Waals surface area contributed by atoms with Crippen molar-refractivity contribution in [3.05, 3.63) is 59.8 Å². The molecule has 1 atom stereocenters. The highest BCUT2D eigenvalue weighted by molar-refractivity contribution is 6.07.